The van der Waals surface area contributed by atoms with E-state index in [9.17, 15) is 0 Å². The van der Waals surface area contributed by atoms with Crippen LogP contribution >= 0.6 is 0 Å². The third kappa shape index (κ3) is 2.65. The first-order valence-corrected chi connectivity index (χ1v) is 7.27. The topological polar surface area (TPSA) is 60.2 Å². The lowest BCUT2D eigenvalue weighted by molar-refractivity contribution is 0.291. The molecule has 1 aliphatic rings. The van der Waals surface area contributed by atoms with E-state index in [0.29, 0.717) is 18.5 Å². The molecule has 2 aromatic rings. The van der Waals surface area contributed by atoms with Crippen LogP contribution < -0.4 is 10.1 Å². The summed E-state index contributed by atoms with van der Waals surface area (Å²) in [6, 6.07) is 6.38. The summed E-state index contributed by atoms with van der Waals surface area (Å²) >= 11 is 0. The average Bonchev–Trinajstić information content (AvgIpc) is 3.04. The Kier molecular flexibility index (Phi) is 3.45. The molecule has 1 atom stereocenters. The van der Waals surface area contributed by atoms with Crippen LogP contribution in [0.4, 0.5) is 0 Å². The summed E-state index contributed by atoms with van der Waals surface area (Å²) in [5.41, 5.74) is 2.17. The van der Waals surface area contributed by atoms with Crippen molar-refractivity contribution in [3.05, 3.63) is 29.6 Å². The number of rotatable bonds is 4. The van der Waals surface area contributed by atoms with Crippen LogP contribution in [0.5, 0.6) is 5.75 Å². The first kappa shape index (κ1) is 14.1. The zero-order chi connectivity index (χ0) is 15.0. The normalized spacial score (nSPS) is 17.3. The van der Waals surface area contributed by atoms with Crippen molar-refractivity contribution in [3.8, 4) is 17.2 Å². The second-order valence-electron chi connectivity index (χ2n) is 6.29. The fraction of sp³-hybridized carbons (Fsp3) is 0.500. The SMILES string of the molecule is CNC(C)Cc1noc(-c2ccc3c(c2)C(C)(C)CO3)n1. The summed E-state index contributed by atoms with van der Waals surface area (Å²) in [5.74, 6) is 2.24. The Morgan fingerprint density at radius 3 is 2.95 bits per heavy atom. The van der Waals surface area contributed by atoms with Gasteiger partial charge in [0.2, 0.25) is 0 Å². The molecule has 1 aromatic carbocycles. The Morgan fingerprint density at radius 1 is 1.38 bits per heavy atom. The van der Waals surface area contributed by atoms with Crippen LogP contribution in [0, 0.1) is 0 Å². The van der Waals surface area contributed by atoms with E-state index in [1.54, 1.807) is 0 Å². The molecule has 2 heterocycles. The van der Waals surface area contributed by atoms with E-state index in [1.165, 1.54) is 5.56 Å². The number of benzene rings is 1. The Hall–Kier alpha value is -1.88. The summed E-state index contributed by atoms with van der Waals surface area (Å²) in [7, 11) is 1.92. The van der Waals surface area contributed by atoms with Crippen LogP contribution in [-0.2, 0) is 11.8 Å². The standard InChI is InChI=1S/C16H21N3O2/c1-10(17-4)7-14-18-15(21-19-14)11-5-6-13-12(8-11)16(2,3)9-20-13/h5-6,8,10,17H,7,9H2,1-4H3. The predicted octanol–water partition coefficient (Wildman–Crippen LogP) is 2.56. The summed E-state index contributed by atoms with van der Waals surface area (Å²) in [6.45, 7) is 7.15. The third-order valence-corrected chi connectivity index (χ3v) is 3.99. The quantitative estimate of drug-likeness (QED) is 0.936. The van der Waals surface area contributed by atoms with Gasteiger partial charge in [0.25, 0.3) is 5.89 Å². The van der Waals surface area contributed by atoms with Gasteiger partial charge in [-0.25, -0.2) is 0 Å². The highest BCUT2D eigenvalue weighted by atomic mass is 16.5. The van der Waals surface area contributed by atoms with Crippen LogP contribution in [-0.4, -0.2) is 29.8 Å². The van der Waals surface area contributed by atoms with Gasteiger partial charge in [0.15, 0.2) is 5.82 Å². The van der Waals surface area contributed by atoms with Gasteiger partial charge >= 0.3 is 0 Å². The summed E-state index contributed by atoms with van der Waals surface area (Å²) in [6.07, 6.45) is 0.750. The molecular formula is C16H21N3O2. The molecule has 1 aromatic heterocycles. The maximum atomic E-state index is 5.70. The van der Waals surface area contributed by atoms with Crippen LogP contribution in [0.2, 0.25) is 0 Å². The van der Waals surface area contributed by atoms with Gasteiger partial charge in [-0.3, -0.25) is 0 Å². The van der Waals surface area contributed by atoms with E-state index >= 15 is 0 Å². The molecular weight excluding hydrogens is 266 g/mol. The first-order valence-electron chi connectivity index (χ1n) is 7.27. The highest BCUT2D eigenvalue weighted by Gasteiger charge is 2.32. The van der Waals surface area contributed by atoms with E-state index in [-0.39, 0.29) is 5.41 Å². The summed E-state index contributed by atoms with van der Waals surface area (Å²) in [4.78, 5) is 4.48. The van der Waals surface area contributed by atoms with Gasteiger partial charge in [-0.05, 0) is 32.2 Å². The van der Waals surface area contributed by atoms with Crippen molar-refractivity contribution in [2.24, 2.45) is 0 Å². The van der Waals surface area contributed by atoms with Crippen molar-refractivity contribution in [2.75, 3.05) is 13.7 Å². The lowest BCUT2D eigenvalue weighted by atomic mass is 9.86. The summed E-state index contributed by atoms with van der Waals surface area (Å²) < 4.78 is 11.1. The van der Waals surface area contributed by atoms with E-state index in [4.69, 9.17) is 9.26 Å². The maximum absolute atomic E-state index is 5.70. The zero-order valence-electron chi connectivity index (χ0n) is 12.9. The Morgan fingerprint density at radius 2 is 2.19 bits per heavy atom. The minimum atomic E-state index is 0.0227. The van der Waals surface area contributed by atoms with Gasteiger partial charge in [-0.15, -0.1) is 0 Å². The Bertz CT molecular complexity index is 649. The number of fused-ring (bicyclic) bond motifs is 1. The molecule has 1 aliphatic heterocycles. The molecule has 0 amide bonds. The van der Waals surface area contributed by atoms with Crippen LogP contribution in [0.25, 0.3) is 11.5 Å². The second-order valence-corrected chi connectivity index (χ2v) is 6.29. The van der Waals surface area contributed by atoms with Crippen molar-refractivity contribution in [3.63, 3.8) is 0 Å². The maximum Gasteiger partial charge on any atom is 0.257 e. The fourth-order valence-corrected chi connectivity index (χ4v) is 2.48. The molecule has 0 saturated heterocycles. The number of ether oxygens (including phenoxy) is 1. The number of hydrogen-bond donors (Lipinski definition) is 1. The van der Waals surface area contributed by atoms with Crippen LogP contribution in [0.15, 0.2) is 22.7 Å². The van der Waals surface area contributed by atoms with Crippen LogP contribution in [0.1, 0.15) is 32.2 Å². The largest absolute Gasteiger partial charge is 0.492 e. The van der Waals surface area contributed by atoms with Gasteiger partial charge in [0, 0.05) is 29.0 Å². The molecule has 1 unspecified atom stereocenters. The lowest BCUT2D eigenvalue weighted by Crippen LogP contribution is -2.24. The number of nitrogens with one attached hydrogen (secondary N) is 1. The summed E-state index contributed by atoms with van der Waals surface area (Å²) in [5, 5.41) is 7.22. The van der Waals surface area contributed by atoms with Crippen molar-refractivity contribution in [2.45, 2.75) is 38.6 Å². The number of aromatic nitrogens is 2. The fourth-order valence-electron chi connectivity index (χ4n) is 2.48. The van der Waals surface area contributed by atoms with Crippen LogP contribution in [0.3, 0.4) is 0 Å². The van der Waals surface area contributed by atoms with Gasteiger partial charge in [0.1, 0.15) is 5.75 Å². The molecule has 0 aliphatic carbocycles. The molecule has 5 heteroatoms. The molecule has 112 valence electrons. The number of nitrogens with zero attached hydrogens (tertiary/aromatic N) is 2. The number of hydrogen-bond acceptors (Lipinski definition) is 5. The minimum Gasteiger partial charge on any atom is -0.492 e. The number of likely N-dealkylation sites (N-methyl/N-ethyl adjacent to an activating group) is 1. The molecule has 5 nitrogen and oxygen atoms in total. The third-order valence-electron chi connectivity index (χ3n) is 3.99. The molecule has 0 fully saturated rings. The molecule has 21 heavy (non-hydrogen) atoms. The van der Waals surface area contributed by atoms with E-state index < -0.39 is 0 Å². The molecule has 0 spiro atoms. The monoisotopic (exact) mass is 287 g/mol. The van der Waals surface area contributed by atoms with Crippen molar-refractivity contribution < 1.29 is 9.26 Å². The van der Waals surface area contributed by atoms with Gasteiger partial charge < -0.3 is 14.6 Å². The van der Waals surface area contributed by atoms with Gasteiger partial charge in [-0.2, -0.15) is 4.98 Å². The Balaban J connectivity index is 1.88. The lowest BCUT2D eigenvalue weighted by Gasteiger charge is -2.15. The smallest absolute Gasteiger partial charge is 0.257 e. The highest BCUT2D eigenvalue weighted by molar-refractivity contribution is 5.59. The van der Waals surface area contributed by atoms with E-state index in [2.05, 4.69) is 42.3 Å². The van der Waals surface area contributed by atoms with Crippen molar-refractivity contribution >= 4 is 0 Å². The van der Waals surface area contributed by atoms with Crippen molar-refractivity contribution in [1.82, 2.24) is 15.5 Å². The highest BCUT2D eigenvalue weighted by Crippen LogP contribution is 2.40. The van der Waals surface area contributed by atoms with Gasteiger partial charge in [0.05, 0.1) is 6.61 Å². The Labute approximate surface area is 124 Å². The van der Waals surface area contributed by atoms with E-state index in [1.807, 2.05) is 19.2 Å². The minimum absolute atomic E-state index is 0.0227. The molecule has 3 rings (SSSR count). The molecule has 0 radical (unpaired) electrons. The van der Waals surface area contributed by atoms with Crippen molar-refractivity contribution in [1.29, 1.82) is 0 Å². The zero-order valence-corrected chi connectivity index (χ0v) is 12.9. The molecule has 0 bridgehead atoms. The van der Waals surface area contributed by atoms with E-state index in [0.717, 1.165) is 23.6 Å². The average molecular weight is 287 g/mol. The second kappa shape index (κ2) is 5.15. The molecule has 1 N–H and O–H groups in total. The molecule has 0 saturated carbocycles. The first-order chi connectivity index (χ1) is 9.99. The van der Waals surface area contributed by atoms with Gasteiger partial charge in [-0.1, -0.05) is 19.0 Å². The predicted molar refractivity (Wildman–Crippen MR) is 80.5 cm³/mol.